The van der Waals surface area contributed by atoms with Crippen LogP contribution in [0.3, 0.4) is 0 Å². The summed E-state index contributed by atoms with van der Waals surface area (Å²) >= 11 is 0. The molecule has 0 aliphatic heterocycles. The van der Waals surface area contributed by atoms with Crippen molar-refractivity contribution in [2.75, 3.05) is 0 Å². The highest BCUT2D eigenvalue weighted by molar-refractivity contribution is 5.43. The summed E-state index contributed by atoms with van der Waals surface area (Å²) in [6.07, 6.45) is 15.6. The Morgan fingerprint density at radius 1 is 1.17 bits per heavy atom. The number of aliphatic hydroxyl groups is 2. The molecule has 0 aromatic heterocycles. The second kappa shape index (κ2) is 9.17. The topological polar surface area (TPSA) is 40.5 Å². The SMILES string of the molecule is C=C1CC/C(=C/C=C2\CCC[C@@]3(C)C2CCC3[C@@H](C)CCCC(C)(C)O)C(=C)[C@H]1O. The molecule has 3 saturated carbocycles. The molecule has 0 aromatic carbocycles. The van der Waals surface area contributed by atoms with Crippen LogP contribution in [0.15, 0.2) is 47.6 Å². The highest BCUT2D eigenvalue weighted by Gasteiger charge is 2.50. The first kappa shape index (κ1) is 23.5. The molecule has 0 amide bonds. The van der Waals surface area contributed by atoms with E-state index in [0.29, 0.717) is 11.3 Å². The van der Waals surface area contributed by atoms with Gasteiger partial charge in [0.05, 0.1) is 11.7 Å². The molecule has 3 aliphatic carbocycles. The molecule has 3 aliphatic rings. The summed E-state index contributed by atoms with van der Waals surface area (Å²) in [6, 6.07) is 0. The molecule has 30 heavy (non-hydrogen) atoms. The van der Waals surface area contributed by atoms with Gasteiger partial charge in [-0.15, -0.1) is 0 Å². The first-order valence-corrected chi connectivity index (χ1v) is 12.2. The third-order valence-corrected chi connectivity index (χ3v) is 8.52. The molecule has 5 atom stereocenters. The Balaban J connectivity index is 1.70. The predicted molar refractivity (Wildman–Crippen MR) is 127 cm³/mol. The number of fused-ring (bicyclic) bond motifs is 1. The van der Waals surface area contributed by atoms with Gasteiger partial charge in [-0.05, 0) is 105 Å². The molecule has 0 aromatic rings. The molecule has 0 bridgehead atoms. The summed E-state index contributed by atoms with van der Waals surface area (Å²) in [4.78, 5) is 0. The summed E-state index contributed by atoms with van der Waals surface area (Å²) in [6.45, 7) is 16.9. The van der Waals surface area contributed by atoms with Gasteiger partial charge in [-0.3, -0.25) is 0 Å². The lowest BCUT2D eigenvalue weighted by Crippen LogP contribution is -2.36. The maximum Gasteiger partial charge on any atom is 0.0995 e. The summed E-state index contributed by atoms with van der Waals surface area (Å²) in [5.41, 5.74) is 4.42. The lowest BCUT2D eigenvalue weighted by atomic mass is 9.60. The largest absolute Gasteiger partial charge is 0.390 e. The van der Waals surface area contributed by atoms with Crippen LogP contribution >= 0.6 is 0 Å². The first-order valence-electron chi connectivity index (χ1n) is 12.2. The lowest BCUT2D eigenvalue weighted by molar-refractivity contribution is 0.0597. The van der Waals surface area contributed by atoms with Gasteiger partial charge in [-0.25, -0.2) is 0 Å². The number of hydrogen-bond acceptors (Lipinski definition) is 2. The van der Waals surface area contributed by atoms with E-state index in [4.69, 9.17) is 0 Å². The van der Waals surface area contributed by atoms with E-state index in [0.717, 1.165) is 48.7 Å². The molecule has 2 unspecified atom stereocenters. The van der Waals surface area contributed by atoms with E-state index in [-0.39, 0.29) is 0 Å². The van der Waals surface area contributed by atoms with Gasteiger partial charge in [0, 0.05) is 0 Å². The fourth-order valence-electron chi connectivity index (χ4n) is 6.68. The smallest absolute Gasteiger partial charge is 0.0995 e. The third kappa shape index (κ3) is 5.02. The highest BCUT2D eigenvalue weighted by Crippen LogP contribution is 2.60. The normalized spacial score (nSPS) is 36.4. The van der Waals surface area contributed by atoms with Gasteiger partial charge in [0.2, 0.25) is 0 Å². The van der Waals surface area contributed by atoms with Gasteiger partial charge in [0.15, 0.2) is 0 Å². The van der Waals surface area contributed by atoms with Crippen molar-refractivity contribution >= 4 is 0 Å². The first-order chi connectivity index (χ1) is 14.0. The predicted octanol–water partition coefficient (Wildman–Crippen LogP) is 6.90. The molecule has 2 heteroatoms. The lowest BCUT2D eigenvalue weighted by Gasteiger charge is -2.44. The molecular formula is C28H44O2. The van der Waals surface area contributed by atoms with Gasteiger partial charge >= 0.3 is 0 Å². The fourth-order valence-corrected chi connectivity index (χ4v) is 6.68. The molecule has 0 spiro atoms. The van der Waals surface area contributed by atoms with Gasteiger partial charge < -0.3 is 10.2 Å². The zero-order chi connectivity index (χ0) is 22.1. The van der Waals surface area contributed by atoms with Crippen molar-refractivity contribution in [2.45, 2.75) is 104 Å². The summed E-state index contributed by atoms with van der Waals surface area (Å²) in [5, 5.41) is 20.3. The van der Waals surface area contributed by atoms with Crippen LogP contribution in [0.25, 0.3) is 0 Å². The minimum Gasteiger partial charge on any atom is -0.390 e. The maximum atomic E-state index is 10.3. The van der Waals surface area contributed by atoms with Crippen molar-refractivity contribution in [3.8, 4) is 0 Å². The summed E-state index contributed by atoms with van der Waals surface area (Å²) in [5.74, 6) is 2.20. The molecule has 2 N–H and O–H groups in total. The van der Waals surface area contributed by atoms with Crippen LogP contribution in [0.4, 0.5) is 0 Å². The van der Waals surface area contributed by atoms with Crippen molar-refractivity contribution < 1.29 is 10.2 Å². The minimum atomic E-state index is -0.569. The molecule has 168 valence electrons. The molecule has 2 nitrogen and oxygen atoms in total. The van der Waals surface area contributed by atoms with Crippen LogP contribution < -0.4 is 0 Å². The van der Waals surface area contributed by atoms with Crippen molar-refractivity contribution in [2.24, 2.45) is 23.2 Å². The van der Waals surface area contributed by atoms with Crippen molar-refractivity contribution in [3.05, 3.63) is 47.6 Å². The van der Waals surface area contributed by atoms with Crippen LogP contribution in [-0.2, 0) is 0 Å². The van der Waals surface area contributed by atoms with E-state index in [2.05, 4.69) is 39.2 Å². The average molecular weight is 413 g/mol. The van der Waals surface area contributed by atoms with E-state index in [1.807, 2.05) is 13.8 Å². The average Bonchev–Trinajstić information content (AvgIpc) is 3.02. The van der Waals surface area contributed by atoms with E-state index in [9.17, 15) is 10.2 Å². The van der Waals surface area contributed by atoms with Crippen LogP contribution in [0, 0.1) is 23.2 Å². The van der Waals surface area contributed by atoms with Crippen molar-refractivity contribution in [1.29, 1.82) is 0 Å². The minimum absolute atomic E-state index is 0.411. The Hall–Kier alpha value is -1.12. The van der Waals surface area contributed by atoms with Crippen LogP contribution in [-0.4, -0.2) is 21.9 Å². The summed E-state index contributed by atoms with van der Waals surface area (Å²) in [7, 11) is 0. The van der Waals surface area contributed by atoms with Gasteiger partial charge in [0.1, 0.15) is 0 Å². The Morgan fingerprint density at radius 3 is 2.60 bits per heavy atom. The standard InChI is InChI=1S/C28H44O2/c1-19(9-7-17-27(4,5)30)24-15-16-25-23(10-8-18-28(24,25)6)14-13-22-12-11-20(2)26(29)21(22)3/h13-14,19,24-26,29-30H,2-3,7-12,15-18H2,1,4-6H3/b22-13-,23-14+/t19-,24?,25?,26-,28+/m0/s1. The number of aliphatic hydroxyl groups excluding tert-OH is 1. The van der Waals surface area contributed by atoms with E-state index in [1.165, 1.54) is 44.1 Å². The molecule has 3 fully saturated rings. The summed E-state index contributed by atoms with van der Waals surface area (Å²) < 4.78 is 0. The number of hydrogen-bond donors (Lipinski definition) is 2. The Morgan fingerprint density at radius 2 is 1.90 bits per heavy atom. The van der Waals surface area contributed by atoms with Crippen LogP contribution in [0.2, 0.25) is 0 Å². The second-order valence-electron chi connectivity index (χ2n) is 11.3. The zero-order valence-corrected chi connectivity index (χ0v) is 19.8. The maximum absolute atomic E-state index is 10.3. The van der Waals surface area contributed by atoms with Gasteiger partial charge in [-0.2, -0.15) is 0 Å². The van der Waals surface area contributed by atoms with Crippen LogP contribution in [0.5, 0.6) is 0 Å². The Labute approximate surface area is 184 Å². The van der Waals surface area contributed by atoms with Crippen LogP contribution in [0.1, 0.15) is 91.9 Å². The molecule has 0 saturated heterocycles. The van der Waals surface area contributed by atoms with E-state index in [1.54, 1.807) is 5.57 Å². The van der Waals surface area contributed by atoms with E-state index >= 15 is 0 Å². The number of rotatable bonds is 6. The van der Waals surface area contributed by atoms with E-state index < -0.39 is 11.7 Å². The molecule has 0 radical (unpaired) electrons. The Bertz CT molecular complexity index is 719. The highest BCUT2D eigenvalue weighted by atomic mass is 16.3. The molecule has 3 rings (SSSR count). The van der Waals surface area contributed by atoms with Crippen molar-refractivity contribution in [3.63, 3.8) is 0 Å². The van der Waals surface area contributed by atoms with Crippen molar-refractivity contribution in [1.82, 2.24) is 0 Å². The quantitative estimate of drug-likeness (QED) is 0.466. The molecular weight excluding hydrogens is 368 g/mol. The van der Waals surface area contributed by atoms with Gasteiger partial charge in [0.25, 0.3) is 0 Å². The second-order valence-corrected chi connectivity index (χ2v) is 11.3. The Kier molecular flexibility index (Phi) is 7.19. The monoisotopic (exact) mass is 412 g/mol. The molecule has 0 heterocycles. The fraction of sp³-hybridized carbons (Fsp3) is 0.714. The number of allylic oxidation sites excluding steroid dienone is 3. The van der Waals surface area contributed by atoms with Gasteiger partial charge in [-0.1, -0.05) is 57.6 Å². The zero-order valence-electron chi connectivity index (χ0n) is 19.8. The third-order valence-electron chi connectivity index (χ3n) is 8.52.